The molecule has 0 heterocycles. The lowest BCUT2D eigenvalue weighted by Crippen LogP contribution is -2.45. The smallest absolute Gasteiger partial charge is 0.256 e. The number of methoxy groups -OCH3 is 1. The maximum absolute atomic E-state index is 14.2. The fourth-order valence-electron chi connectivity index (χ4n) is 7.07. The number of carbonyl (C=O) groups excluding carboxylic acids is 3. The van der Waals surface area contributed by atoms with Gasteiger partial charge in [-0.05, 0) is 113 Å². The van der Waals surface area contributed by atoms with Crippen LogP contribution < -0.4 is 14.8 Å². The topological polar surface area (TPSA) is 105 Å². The summed E-state index contributed by atoms with van der Waals surface area (Å²) in [7, 11) is 3.39. The highest BCUT2D eigenvalue weighted by Gasteiger charge is 2.34. The molecule has 0 saturated heterocycles. The Balaban J connectivity index is 1.16. The molecule has 8 nitrogen and oxygen atoms in total. The van der Waals surface area contributed by atoms with Gasteiger partial charge in [-0.15, -0.1) is 0 Å². The number of carbonyl (C=O) groups is 3. The molecule has 6 aromatic rings. The first-order valence-electron chi connectivity index (χ1n) is 18.9. The highest BCUT2D eigenvalue weighted by atomic mass is 16.5. The van der Waals surface area contributed by atoms with E-state index >= 15 is 0 Å². The predicted octanol–water partition coefficient (Wildman–Crippen LogP) is 10.4. The number of nitrogens with one attached hydrogen (secondary N) is 1. The standard InChI is InChI=1S/C49H48N2O6/c1-7-49(4,39-14-11-15-40(30-39)50-46(54)44-26-16-34(28-35(44)31-52)33-12-9-8-10-13-33)51(5)47(55)45-27-25-43(29-36(45)32-53)57-42-23-19-38(20-24-42)48(2,3)37-17-21-41(56-6)22-18-37/h8-31,53H,7,32H2,1-6H3,(H,50,54). The Labute approximate surface area is 334 Å². The van der Waals surface area contributed by atoms with Crippen molar-refractivity contribution in [3.63, 3.8) is 0 Å². The number of amides is 2. The molecule has 6 aromatic carbocycles. The van der Waals surface area contributed by atoms with Gasteiger partial charge in [-0.1, -0.05) is 93.6 Å². The number of aliphatic hydroxyl groups excluding tert-OH is 1. The molecule has 0 radical (unpaired) electrons. The highest BCUT2D eigenvalue weighted by molar-refractivity contribution is 6.09. The fraction of sp³-hybridized carbons (Fsp3) is 0.204. The number of anilines is 1. The molecule has 0 aliphatic heterocycles. The fourth-order valence-corrected chi connectivity index (χ4v) is 7.07. The van der Waals surface area contributed by atoms with Gasteiger partial charge in [-0.2, -0.15) is 0 Å². The zero-order valence-electron chi connectivity index (χ0n) is 33.2. The maximum atomic E-state index is 14.2. The highest BCUT2D eigenvalue weighted by Crippen LogP contribution is 2.36. The summed E-state index contributed by atoms with van der Waals surface area (Å²) in [5, 5.41) is 13.4. The predicted molar refractivity (Wildman–Crippen MR) is 225 cm³/mol. The SMILES string of the molecule is CCC(C)(c1cccc(NC(=O)c2ccc(-c3ccccc3)cc2C=O)c1)N(C)C(=O)c1ccc(Oc2ccc(C(C)(C)c3ccc(OC)cc3)cc2)cc1CO. The number of aldehydes is 1. The van der Waals surface area contributed by atoms with Crippen molar-refractivity contribution in [2.45, 2.75) is 51.7 Å². The average Bonchev–Trinajstić information content (AvgIpc) is 3.25. The van der Waals surface area contributed by atoms with Crippen molar-refractivity contribution in [2.75, 3.05) is 19.5 Å². The van der Waals surface area contributed by atoms with E-state index in [-0.39, 0.29) is 29.1 Å². The number of rotatable bonds is 14. The van der Waals surface area contributed by atoms with Gasteiger partial charge in [0, 0.05) is 29.3 Å². The van der Waals surface area contributed by atoms with Gasteiger partial charge in [0.2, 0.25) is 0 Å². The Morgan fingerprint density at radius 3 is 1.95 bits per heavy atom. The van der Waals surface area contributed by atoms with E-state index in [0.29, 0.717) is 41.0 Å². The summed E-state index contributed by atoms with van der Waals surface area (Å²) in [5.74, 6) is 1.24. The van der Waals surface area contributed by atoms with Crippen LogP contribution in [0.15, 0.2) is 140 Å². The largest absolute Gasteiger partial charge is 0.497 e. The number of hydrogen-bond acceptors (Lipinski definition) is 6. The Hall–Kier alpha value is -6.51. The van der Waals surface area contributed by atoms with Crippen molar-refractivity contribution in [2.24, 2.45) is 0 Å². The second-order valence-corrected chi connectivity index (χ2v) is 14.8. The molecule has 0 fully saturated rings. The molecule has 8 heteroatoms. The summed E-state index contributed by atoms with van der Waals surface area (Å²) in [6.45, 7) is 7.94. The molecule has 0 aromatic heterocycles. The van der Waals surface area contributed by atoms with Crippen molar-refractivity contribution in [1.29, 1.82) is 0 Å². The average molecular weight is 761 g/mol. The second kappa shape index (κ2) is 17.1. The Morgan fingerprint density at radius 1 is 0.702 bits per heavy atom. The van der Waals surface area contributed by atoms with Gasteiger partial charge in [0.05, 0.1) is 24.8 Å². The first-order valence-corrected chi connectivity index (χ1v) is 18.9. The third-order valence-electron chi connectivity index (χ3n) is 11.1. The second-order valence-electron chi connectivity index (χ2n) is 14.8. The van der Waals surface area contributed by atoms with Gasteiger partial charge in [-0.25, -0.2) is 0 Å². The van der Waals surface area contributed by atoms with Crippen LogP contribution in [-0.4, -0.2) is 42.3 Å². The molecule has 2 amide bonds. The van der Waals surface area contributed by atoms with E-state index in [1.165, 1.54) is 0 Å². The van der Waals surface area contributed by atoms with Gasteiger partial charge in [0.1, 0.15) is 17.2 Å². The quantitative estimate of drug-likeness (QED) is 0.107. The molecule has 0 aliphatic carbocycles. The third-order valence-corrected chi connectivity index (χ3v) is 11.1. The number of hydrogen-bond donors (Lipinski definition) is 2. The van der Waals surface area contributed by atoms with Crippen LogP contribution in [0.3, 0.4) is 0 Å². The van der Waals surface area contributed by atoms with E-state index in [1.807, 2.05) is 105 Å². The van der Waals surface area contributed by atoms with Gasteiger partial charge in [-0.3, -0.25) is 14.4 Å². The molecule has 57 heavy (non-hydrogen) atoms. The number of nitrogens with zero attached hydrogens (tertiary/aromatic N) is 1. The van der Waals surface area contributed by atoms with Gasteiger partial charge in [0.25, 0.3) is 11.8 Å². The first kappa shape index (κ1) is 40.2. The van der Waals surface area contributed by atoms with Crippen molar-refractivity contribution >= 4 is 23.8 Å². The number of aliphatic hydroxyl groups is 1. The van der Waals surface area contributed by atoms with E-state index in [9.17, 15) is 19.5 Å². The van der Waals surface area contributed by atoms with Crippen LogP contribution in [-0.2, 0) is 17.6 Å². The van der Waals surface area contributed by atoms with Crippen LogP contribution >= 0.6 is 0 Å². The minimum Gasteiger partial charge on any atom is -0.497 e. The van der Waals surface area contributed by atoms with Crippen LogP contribution in [0.25, 0.3) is 11.1 Å². The third kappa shape index (κ3) is 8.52. The van der Waals surface area contributed by atoms with Crippen LogP contribution in [0.2, 0.25) is 0 Å². The summed E-state index contributed by atoms with van der Waals surface area (Å²) < 4.78 is 11.5. The lowest BCUT2D eigenvalue weighted by Gasteiger charge is -2.39. The van der Waals surface area contributed by atoms with E-state index in [2.05, 4.69) is 31.3 Å². The van der Waals surface area contributed by atoms with E-state index in [0.717, 1.165) is 33.6 Å². The summed E-state index contributed by atoms with van der Waals surface area (Å²) in [6.07, 6.45) is 1.25. The van der Waals surface area contributed by atoms with E-state index in [1.54, 1.807) is 55.5 Å². The van der Waals surface area contributed by atoms with Crippen molar-refractivity contribution in [3.8, 4) is 28.4 Å². The zero-order valence-corrected chi connectivity index (χ0v) is 33.2. The molecular formula is C49H48N2O6. The van der Waals surface area contributed by atoms with Crippen molar-refractivity contribution in [3.05, 3.63) is 178 Å². The molecule has 1 atom stereocenters. The lowest BCUT2D eigenvalue weighted by molar-refractivity contribution is 0.0574. The van der Waals surface area contributed by atoms with Gasteiger partial charge >= 0.3 is 0 Å². The molecule has 2 N–H and O–H groups in total. The Kier molecular flexibility index (Phi) is 12.0. The normalized spacial score (nSPS) is 12.3. The van der Waals surface area contributed by atoms with E-state index in [4.69, 9.17) is 9.47 Å². The lowest BCUT2D eigenvalue weighted by atomic mass is 9.78. The molecule has 0 bridgehead atoms. The molecule has 6 rings (SSSR count). The van der Waals surface area contributed by atoms with Crippen LogP contribution in [0.5, 0.6) is 17.2 Å². The Bertz CT molecular complexity index is 2370. The maximum Gasteiger partial charge on any atom is 0.256 e. The van der Waals surface area contributed by atoms with Crippen molar-refractivity contribution in [1.82, 2.24) is 4.90 Å². The van der Waals surface area contributed by atoms with Gasteiger partial charge in [0.15, 0.2) is 6.29 Å². The minimum absolute atomic E-state index is 0.248. The minimum atomic E-state index is -0.785. The molecule has 0 aliphatic rings. The van der Waals surface area contributed by atoms with Gasteiger partial charge < -0.3 is 24.8 Å². The summed E-state index contributed by atoms with van der Waals surface area (Å²) in [4.78, 5) is 41.4. The first-order chi connectivity index (χ1) is 27.4. The number of benzene rings is 6. The molecule has 1 unspecified atom stereocenters. The summed E-state index contributed by atoms with van der Waals surface area (Å²) >= 11 is 0. The molecule has 0 spiro atoms. The zero-order chi connectivity index (χ0) is 40.7. The molecule has 290 valence electrons. The van der Waals surface area contributed by atoms with Crippen LogP contribution in [0, 0.1) is 0 Å². The number of ether oxygens (including phenoxy) is 2. The molecular weight excluding hydrogens is 713 g/mol. The van der Waals surface area contributed by atoms with Crippen LogP contribution in [0.1, 0.15) is 87.4 Å². The van der Waals surface area contributed by atoms with E-state index < -0.39 is 11.4 Å². The summed E-state index contributed by atoms with van der Waals surface area (Å²) in [5.41, 5.74) is 5.69. The van der Waals surface area contributed by atoms with Crippen molar-refractivity contribution < 1.29 is 29.0 Å². The molecule has 0 saturated carbocycles. The Morgan fingerprint density at radius 2 is 1.33 bits per heavy atom. The summed E-state index contributed by atoms with van der Waals surface area (Å²) in [6, 6.07) is 43.3. The monoisotopic (exact) mass is 760 g/mol. The van der Waals surface area contributed by atoms with Crippen LogP contribution in [0.4, 0.5) is 5.69 Å².